The molecule has 0 atom stereocenters. The zero-order valence-corrected chi connectivity index (χ0v) is 14.4. The molecular formula is C18H22O5S. The van der Waals surface area contributed by atoms with Crippen LogP contribution in [0.1, 0.15) is 38.2 Å². The van der Waals surface area contributed by atoms with E-state index in [1.807, 2.05) is 12.1 Å². The third kappa shape index (κ3) is 5.25. The molecule has 130 valence electrons. The molecule has 0 amide bonds. The van der Waals surface area contributed by atoms with Gasteiger partial charge in [0.15, 0.2) is 0 Å². The molecule has 0 saturated carbocycles. The molecule has 0 spiro atoms. The van der Waals surface area contributed by atoms with Crippen LogP contribution in [0.5, 0.6) is 17.2 Å². The number of rotatable bonds is 8. The Kier molecular flexibility index (Phi) is 6.23. The molecule has 0 unspecified atom stereocenters. The first kappa shape index (κ1) is 18.3. The zero-order chi connectivity index (χ0) is 17.6. The summed E-state index contributed by atoms with van der Waals surface area (Å²) < 4.78 is 37.5. The van der Waals surface area contributed by atoms with E-state index in [4.69, 9.17) is 4.74 Å². The molecule has 5 nitrogen and oxygen atoms in total. The van der Waals surface area contributed by atoms with Crippen molar-refractivity contribution in [2.45, 2.75) is 43.9 Å². The highest BCUT2D eigenvalue weighted by Crippen LogP contribution is 2.31. The smallest absolute Gasteiger partial charge is 0.298 e. The van der Waals surface area contributed by atoms with Crippen LogP contribution in [0.4, 0.5) is 0 Å². The Morgan fingerprint density at radius 3 is 2.33 bits per heavy atom. The molecule has 0 aliphatic carbocycles. The van der Waals surface area contributed by atoms with Gasteiger partial charge in [-0.25, -0.2) is 0 Å². The van der Waals surface area contributed by atoms with Gasteiger partial charge < -0.3 is 9.84 Å². The van der Waals surface area contributed by atoms with E-state index in [9.17, 15) is 18.1 Å². The summed E-state index contributed by atoms with van der Waals surface area (Å²) in [5.41, 5.74) is 1.19. The largest absolute Gasteiger partial charge is 0.508 e. The van der Waals surface area contributed by atoms with E-state index in [1.54, 1.807) is 12.1 Å². The van der Waals surface area contributed by atoms with E-state index in [1.165, 1.54) is 37.0 Å². The number of aryl methyl sites for hydroxylation is 1. The van der Waals surface area contributed by atoms with Gasteiger partial charge in [-0.05, 0) is 42.7 Å². The molecule has 2 aromatic carbocycles. The molecule has 0 aromatic heterocycles. The molecule has 6 heteroatoms. The summed E-state index contributed by atoms with van der Waals surface area (Å²) >= 11 is 0. The van der Waals surface area contributed by atoms with Gasteiger partial charge in [0.05, 0.1) is 0 Å². The first-order valence-corrected chi connectivity index (χ1v) is 9.41. The molecule has 0 fully saturated rings. The maximum Gasteiger partial charge on any atom is 0.298 e. The van der Waals surface area contributed by atoms with Crippen molar-refractivity contribution in [1.82, 2.24) is 0 Å². The number of phenolic OH excluding ortho intramolecular Hbond substituents is 1. The quantitative estimate of drug-likeness (QED) is 0.539. The van der Waals surface area contributed by atoms with Crippen LogP contribution in [-0.4, -0.2) is 18.1 Å². The van der Waals surface area contributed by atoms with Gasteiger partial charge in [0.25, 0.3) is 10.1 Å². The summed E-state index contributed by atoms with van der Waals surface area (Å²) in [6.45, 7) is 2.18. The van der Waals surface area contributed by atoms with Crippen molar-refractivity contribution < 1.29 is 22.8 Å². The highest BCUT2D eigenvalue weighted by molar-refractivity contribution is 7.86. The lowest BCUT2D eigenvalue weighted by Gasteiger charge is -2.10. The van der Waals surface area contributed by atoms with Crippen molar-refractivity contribution in [3.63, 3.8) is 0 Å². The lowest BCUT2D eigenvalue weighted by atomic mass is 10.1. The SMILES string of the molecule is CCCCCCc1ccc(Oc2ccc(O)cc2S(=O)(=O)O)cc1. The number of aromatic hydroxyl groups is 1. The van der Waals surface area contributed by atoms with E-state index in [0.717, 1.165) is 18.9 Å². The van der Waals surface area contributed by atoms with Crippen molar-refractivity contribution in [3.05, 3.63) is 48.0 Å². The number of phenols is 1. The fraction of sp³-hybridized carbons (Fsp3) is 0.333. The van der Waals surface area contributed by atoms with Crippen LogP contribution < -0.4 is 4.74 Å². The maximum atomic E-state index is 11.4. The minimum Gasteiger partial charge on any atom is -0.508 e. The topological polar surface area (TPSA) is 83.8 Å². The Labute approximate surface area is 142 Å². The second-order valence-electron chi connectivity index (χ2n) is 5.66. The van der Waals surface area contributed by atoms with Crippen molar-refractivity contribution in [2.24, 2.45) is 0 Å². The van der Waals surface area contributed by atoms with Gasteiger partial charge >= 0.3 is 0 Å². The van der Waals surface area contributed by atoms with Crippen LogP contribution in [0.3, 0.4) is 0 Å². The number of hydrogen-bond acceptors (Lipinski definition) is 4. The second-order valence-corrected chi connectivity index (χ2v) is 7.05. The highest BCUT2D eigenvalue weighted by atomic mass is 32.2. The number of ether oxygens (including phenoxy) is 1. The average molecular weight is 350 g/mol. The summed E-state index contributed by atoms with van der Waals surface area (Å²) in [6, 6.07) is 10.9. The number of benzene rings is 2. The Balaban J connectivity index is 2.09. The first-order valence-electron chi connectivity index (χ1n) is 7.97. The number of hydrogen-bond donors (Lipinski definition) is 2. The zero-order valence-electron chi connectivity index (χ0n) is 13.6. The van der Waals surface area contributed by atoms with Crippen LogP contribution in [0.2, 0.25) is 0 Å². The van der Waals surface area contributed by atoms with Crippen molar-refractivity contribution in [1.29, 1.82) is 0 Å². The Hall–Kier alpha value is -2.05. The van der Waals surface area contributed by atoms with Crippen LogP contribution in [0, 0.1) is 0 Å². The van der Waals surface area contributed by atoms with Gasteiger partial charge in [0.1, 0.15) is 22.1 Å². The third-order valence-corrected chi connectivity index (χ3v) is 4.55. The van der Waals surface area contributed by atoms with Gasteiger partial charge in [-0.3, -0.25) is 4.55 Å². The van der Waals surface area contributed by atoms with Crippen LogP contribution in [0.15, 0.2) is 47.4 Å². The van der Waals surface area contributed by atoms with Crippen molar-refractivity contribution in [3.8, 4) is 17.2 Å². The lowest BCUT2D eigenvalue weighted by Crippen LogP contribution is -2.01. The minimum absolute atomic E-state index is 0.0361. The molecule has 0 aliphatic heterocycles. The highest BCUT2D eigenvalue weighted by Gasteiger charge is 2.18. The first-order chi connectivity index (χ1) is 11.4. The second kappa shape index (κ2) is 8.17. The fourth-order valence-electron chi connectivity index (χ4n) is 2.39. The molecule has 2 aromatic rings. The predicted octanol–water partition coefficient (Wildman–Crippen LogP) is 4.55. The molecule has 0 saturated heterocycles. The number of unbranched alkanes of at least 4 members (excludes halogenated alkanes) is 3. The van der Waals surface area contributed by atoms with E-state index in [2.05, 4.69) is 6.92 Å². The lowest BCUT2D eigenvalue weighted by molar-refractivity contribution is 0.439. The monoisotopic (exact) mass is 350 g/mol. The van der Waals surface area contributed by atoms with Crippen molar-refractivity contribution in [2.75, 3.05) is 0 Å². The van der Waals surface area contributed by atoms with E-state index >= 15 is 0 Å². The predicted molar refractivity (Wildman–Crippen MR) is 92.3 cm³/mol. The molecule has 2 rings (SSSR count). The van der Waals surface area contributed by atoms with E-state index in [-0.39, 0.29) is 11.5 Å². The Bertz CT molecular complexity index is 766. The average Bonchev–Trinajstić information content (AvgIpc) is 2.54. The van der Waals surface area contributed by atoms with Gasteiger partial charge in [0, 0.05) is 6.07 Å². The molecule has 24 heavy (non-hydrogen) atoms. The Morgan fingerprint density at radius 1 is 1.00 bits per heavy atom. The van der Waals surface area contributed by atoms with Crippen LogP contribution >= 0.6 is 0 Å². The summed E-state index contributed by atoms with van der Waals surface area (Å²) in [5.74, 6) is 0.159. The molecule has 0 radical (unpaired) electrons. The fourth-order valence-corrected chi connectivity index (χ4v) is 3.02. The minimum atomic E-state index is -4.49. The van der Waals surface area contributed by atoms with E-state index in [0.29, 0.717) is 5.75 Å². The molecule has 0 bridgehead atoms. The van der Waals surface area contributed by atoms with Crippen molar-refractivity contribution >= 4 is 10.1 Å². The van der Waals surface area contributed by atoms with Crippen LogP contribution in [0.25, 0.3) is 0 Å². The summed E-state index contributed by atoms with van der Waals surface area (Å²) in [7, 11) is -4.49. The molecule has 2 N–H and O–H groups in total. The van der Waals surface area contributed by atoms with Gasteiger partial charge in [-0.1, -0.05) is 38.3 Å². The van der Waals surface area contributed by atoms with Crippen LogP contribution in [-0.2, 0) is 16.5 Å². The standard InChI is InChI=1S/C18H22O5S/c1-2-3-4-5-6-14-7-10-16(11-8-14)23-17-12-9-15(19)13-18(17)24(20,21)22/h7-13,19H,2-6H2,1H3,(H,20,21,22). The van der Waals surface area contributed by atoms with Gasteiger partial charge in [-0.15, -0.1) is 0 Å². The third-order valence-electron chi connectivity index (χ3n) is 3.68. The summed E-state index contributed by atoms with van der Waals surface area (Å²) in [5, 5.41) is 9.39. The normalized spacial score (nSPS) is 11.4. The maximum absolute atomic E-state index is 11.4. The molecular weight excluding hydrogens is 328 g/mol. The van der Waals surface area contributed by atoms with Gasteiger partial charge in [0.2, 0.25) is 0 Å². The Morgan fingerprint density at radius 2 is 1.71 bits per heavy atom. The summed E-state index contributed by atoms with van der Waals surface area (Å²) in [6.07, 6.45) is 5.78. The summed E-state index contributed by atoms with van der Waals surface area (Å²) in [4.78, 5) is -0.467. The van der Waals surface area contributed by atoms with E-state index < -0.39 is 15.0 Å². The van der Waals surface area contributed by atoms with Gasteiger partial charge in [-0.2, -0.15) is 8.42 Å². The molecule has 0 heterocycles. The molecule has 0 aliphatic rings.